The Bertz CT molecular complexity index is 2020. The van der Waals surface area contributed by atoms with Crippen LogP contribution in [0, 0.1) is 0 Å². The lowest BCUT2D eigenvalue weighted by Gasteiger charge is -2.08. The summed E-state index contributed by atoms with van der Waals surface area (Å²) in [4.78, 5) is 4.28. The summed E-state index contributed by atoms with van der Waals surface area (Å²) < 4.78 is 7.86. The highest BCUT2D eigenvalue weighted by atomic mass is 32.1. The largest absolute Gasteiger partial charge is 0.308 e. The van der Waals surface area contributed by atoms with E-state index in [1.54, 1.807) is 0 Å². The topological polar surface area (TPSA) is 17.8 Å². The van der Waals surface area contributed by atoms with E-state index >= 15 is 0 Å². The summed E-state index contributed by atoms with van der Waals surface area (Å²) in [7, 11) is 0. The van der Waals surface area contributed by atoms with Gasteiger partial charge in [-0.05, 0) is 30.3 Å². The van der Waals surface area contributed by atoms with Gasteiger partial charge in [0.15, 0.2) is 0 Å². The van der Waals surface area contributed by atoms with E-state index in [4.69, 9.17) is 0 Å². The van der Waals surface area contributed by atoms with Crippen molar-refractivity contribution in [1.29, 1.82) is 0 Å². The molecule has 0 bridgehead atoms. The molecule has 0 spiro atoms. The van der Waals surface area contributed by atoms with E-state index in [0.717, 1.165) is 5.69 Å². The van der Waals surface area contributed by atoms with Crippen LogP contribution in [0.4, 0.5) is 0 Å². The molecule has 8 aromatic rings. The standard InChI is InChI=1S/C29H16N2S2/c1-4-10-21-18(7-1)26-27(31(21)17-13-15-30-16-14-17)29-25(20-9-3-6-12-23(20)33-29)24-19-8-2-5-11-22(19)32-28(24)26/h1-16H. The van der Waals surface area contributed by atoms with Crippen LogP contribution < -0.4 is 0 Å². The third-order valence-electron chi connectivity index (χ3n) is 6.68. The highest BCUT2D eigenvalue weighted by molar-refractivity contribution is 7.29. The average molecular weight is 457 g/mol. The Balaban J connectivity index is 1.80. The molecule has 4 aromatic carbocycles. The summed E-state index contributed by atoms with van der Waals surface area (Å²) in [5, 5.41) is 8.15. The zero-order valence-corrected chi connectivity index (χ0v) is 19.1. The zero-order valence-electron chi connectivity index (χ0n) is 17.4. The van der Waals surface area contributed by atoms with Crippen LogP contribution in [0.3, 0.4) is 0 Å². The molecule has 0 N–H and O–H groups in total. The fourth-order valence-corrected chi connectivity index (χ4v) is 7.90. The molecule has 0 saturated heterocycles. The van der Waals surface area contributed by atoms with Crippen molar-refractivity contribution >= 4 is 84.8 Å². The number of fused-ring (bicyclic) bond motifs is 12. The highest BCUT2D eigenvalue weighted by Crippen LogP contribution is 2.51. The molecule has 0 amide bonds. The number of aromatic nitrogens is 2. The Labute approximate surface area is 196 Å². The first kappa shape index (κ1) is 17.8. The van der Waals surface area contributed by atoms with Gasteiger partial charge in [-0.2, -0.15) is 0 Å². The average Bonchev–Trinajstić information content (AvgIpc) is 3.53. The van der Waals surface area contributed by atoms with Crippen molar-refractivity contribution in [3.05, 3.63) is 97.3 Å². The van der Waals surface area contributed by atoms with Crippen LogP contribution >= 0.6 is 22.7 Å². The lowest BCUT2D eigenvalue weighted by molar-refractivity contribution is 1.16. The zero-order chi connectivity index (χ0) is 21.5. The van der Waals surface area contributed by atoms with E-state index in [9.17, 15) is 0 Å². The van der Waals surface area contributed by atoms with Gasteiger partial charge in [0.1, 0.15) is 0 Å². The Morgan fingerprint density at radius 2 is 1.12 bits per heavy atom. The van der Waals surface area contributed by atoms with Gasteiger partial charge in [-0.3, -0.25) is 4.98 Å². The molecule has 4 heterocycles. The molecular formula is C29H16N2S2. The predicted octanol–water partition coefficient (Wildman–Crippen LogP) is 8.91. The molecule has 0 aliphatic rings. The smallest absolute Gasteiger partial charge is 0.0734 e. The van der Waals surface area contributed by atoms with Gasteiger partial charge < -0.3 is 4.57 Å². The van der Waals surface area contributed by atoms with E-state index in [1.807, 2.05) is 35.1 Å². The van der Waals surface area contributed by atoms with Crippen molar-refractivity contribution < 1.29 is 0 Å². The fourth-order valence-electron chi connectivity index (χ4n) is 5.38. The maximum Gasteiger partial charge on any atom is 0.0734 e. The van der Waals surface area contributed by atoms with Crippen molar-refractivity contribution in [2.75, 3.05) is 0 Å². The minimum absolute atomic E-state index is 1.15. The second-order valence-electron chi connectivity index (χ2n) is 8.39. The molecule has 0 aliphatic heterocycles. The molecule has 0 aliphatic carbocycles. The van der Waals surface area contributed by atoms with Gasteiger partial charge in [0, 0.05) is 64.5 Å². The molecule has 8 rings (SSSR count). The second kappa shape index (κ2) is 6.41. The third-order valence-corrected chi connectivity index (χ3v) is 9.04. The maximum absolute atomic E-state index is 4.28. The molecule has 4 aromatic heterocycles. The summed E-state index contributed by atoms with van der Waals surface area (Å²) in [6, 6.07) is 30.8. The van der Waals surface area contributed by atoms with Gasteiger partial charge >= 0.3 is 0 Å². The number of pyridine rings is 1. The van der Waals surface area contributed by atoms with E-state index in [2.05, 4.69) is 94.5 Å². The van der Waals surface area contributed by atoms with E-state index in [0.29, 0.717) is 0 Å². The fraction of sp³-hybridized carbons (Fsp3) is 0. The maximum atomic E-state index is 4.28. The molecule has 0 unspecified atom stereocenters. The van der Waals surface area contributed by atoms with E-state index in [1.165, 1.54) is 62.2 Å². The van der Waals surface area contributed by atoms with Gasteiger partial charge in [0.05, 0.1) is 15.7 Å². The highest BCUT2D eigenvalue weighted by Gasteiger charge is 2.23. The van der Waals surface area contributed by atoms with Crippen molar-refractivity contribution in [3.63, 3.8) is 0 Å². The molecule has 0 fully saturated rings. The lowest BCUT2D eigenvalue weighted by atomic mass is 10.0. The number of benzene rings is 4. The van der Waals surface area contributed by atoms with Gasteiger partial charge in [-0.15, -0.1) is 22.7 Å². The summed E-state index contributed by atoms with van der Waals surface area (Å²) in [5.74, 6) is 0. The molecule has 0 radical (unpaired) electrons. The Hall–Kier alpha value is -3.73. The number of hydrogen-bond donors (Lipinski definition) is 0. The van der Waals surface area contributed by atoms with Crippen LogP contribution in [0.5, 0.6) is 0 Å². The van der Waals surface area contributed by atoms with E-state index < -0.39 is 0 Å². The van der Waals surface area contributed by atoms with Gasteiger partial charge in [-0.25, -0.2) is 0 Å². The number of hydrogen-bond acceptors (Lipinski definition) is 3. The minimum atomic E-state index is 1.15. The minimum Gasteiger partial charge on any atom is -0.308 e. The molecule has 0 atom stereocenters. The lowest BCUT2D eigenvalue weighted by Crippen LogP contribution is -1.93. The summed E-state index contributed by atoms with van der Waals surface area (Å²) in [6.45, 7) is 0. The number of thiophene rings is 2. The van der Waals surface area contributed by atoms with Gasteiger partial charge in [0.2, 0.25) is 0 Å². The molecule has 4 heteroatoms. The van der Waals surface area contributed by atoms with Gasteiger partial charge in [0.25, 0.3) is 0 Å². The molecule has 0 saturated carbocycles. The normalized spacial score (nSPS) is 12.2. The van der Waals surface area contributed by atoms with Gasteiger partial charge in [-0.1, -0.05) is 54.6 Å². The van der Waals surface area contributed by atoms with Crippen molar-refractivity contribution in [2.45, 2.75) is 0 Å². The number of nitrogens with zero attached hydrogens (tertiary/aromatic N) is 2. The van der Waals surface area contributed by atoms with Crippen LogP contribution in [-0.2, 0) is 0 Å². The predicted molar refractivity (Wildman–Crippen MR) is 144 cm³/mol. The number of rotatable bonds is 1. The molecular weight excluding hydrogens is 440 g/mol. The first-order chi connectivity index (χ1) is 16.4. The monoisotopic (exact) mass is 456 g/mol. The second-order valence-corrected chi connectivity index (χ2v) is 10.5. The first-order valence-electron chi connectivity index (χ1n) is 11.0. The Morgan fingerprint density at radius 1 is 0.545 bits per heavy atom. The van der Waals surface area contributed by atoms with Crippen LogP contribution in [-0.4, -0.2) is 9.55 Å². The molecule has 2 nitrogen and oxygen atoms in total. The summed E-state index contributed by atoms with van der Waals surface area (Å²) >= 11 is 3.83. The Kier molecular flexibility index (Phi) is 3.45. The van der Waals surface area contributed by atoms with Crippen molar-refractivity contribution in [2.24, 2.45) is 0 Å². The van der Waals surface area contributed by atoms with Crippen molar-refractivity contribution in [1.82, 2.24) is 9.55 Å². The van der Waals surface area contributed by atoms with Crippen LogP contribution in [0.15, 0.2) is 97.3 Å². The summed E-state index contributed by atoms with van der Waals surface area (Å²) in [5.41, 5.74) is 3.69. The quantitative estimate of drug-likeness (QED) is 0.241. The molecule has 154 valence electrons. The SMILES string of the molecule is c1ccc2c(c1)sc1c2c2c3ccccc3sc2c2c1c1ccccc1n2-c1ccncc1. The number of para-hydroxylation sites is 1. The molecule has 33 heavy (non-hydrogen) atoms. The van der Waals surface area contributed by atoms with Crippen LogP contribution in [0.25, 0.3) is 67.8 Å². The third kappa shape index (κ3) is 2.24. The van der Waals surface area contributed by atoms with E-state index in [-0.39, 0.29) is 0 Å². The van der Waals surface area contributed by atoms with Crippen LogP contribution in [0.1, 0.15) is 0 Å². The van der Waals surface area contributed by atoms with Crippen molar-refractivity contribution in [3.8, 4) is 5.69 Å². The van der Waals surface area contributed by atoms with Crippen LogP contribution in [0.2, 0.25) is 0 Å². The summed E-state index contributed by atoms with van der Waals surface area (Å²) in [6.07, 6.45) is 3.77. The Morgan fingerprint density at radius 3 is 1.85 bits per heavy atom. The first-order valence-corrected chi connectivity index (χ1v) is 12.6.